The lowest BCUT2D eigenvalue weighted by atomic mass is 9.95. The molecule has 1 aliphatic rings. The summed E-state index contributed by atoms with van der Waals surface area (Å²) in [5, 5.41) is 11.4. The summed E-state index contributed by atoms with van der Waals surface area (Å²) >= 11 is 1.78. The van der Waals surface area contributed by atoms with Crippen LogP contribution in [0.1, 0.15) is 23.6 Å². The van der Waals surface area contributed by atoms with E-state index in [9.17, 15) is 4.79 Å². The summed E-state index contributed by atoms with van der Waals surface area (Å²) in [6, 6.07) is 8.60. The number of nitrogens with one attached hydrogen (secondary N) is 1. The smallest absolute Gasteiger partial charge is 0.223 e. The highest BCUT2D eigenvalue weighted by molar-refractivity contribution is 7.17. The lowest BCUT2D eigenvalue weighted by Gasteiger charge is -2.24. The van der Waals surface area contributed by atoms with E-state index in [1.807, 2.05) is 31.4 Å². The Balaban J connectivity index is 1.45. The monoisotopic (exact) mass is 354 g/mol. The molecule has 2 atom stereocenters. The minimum atomic E-state index is 0.105. The van der Waals surface area contributed by atoms with Crippen LogP contribution in [0.2, 0.25) is 0 Å². The Hall–Kier alpha value is -2.18. The van der Waals surface area contributed by atoms with Crippen LogP contribution in [0, 0.1) is 5.92 Å². The van der Waals surface area contributed by atoms with Gasteiger partial charge in [-0.25, -0.2) is 0 Å². The predicted molar refractivity (Wildman–Crippen MR) is 100 cm³/mol. The Labute approximate surface area is 151 Å². The Bertz CT molecular complexity index is 900. The molecule has 1 aromatic carbocycles. The maximum absolute atomic E-state index is 12.2. The van der Waals surface area contributed by atoms with Gasteiger partial charge in [0.1, 0.15) is 0 Å². The molecule has 130 valence electrons. The van der Waals surface area contributed by atoms with Crippen molar-refractivity contribution in [3.63, 3.8) is 0 Å². The van der Waals surface area contributed by atoms with Crippen LogP contribution in [-0.2, 0) is 18.4 Å². The number of nitrogens with zero attached hydrogens (tertiary/aromatic N) is 3. The van der Waals surface area contributed by atoms with E-state index in [2.05, 4.69) is 40.1 Å². The van der Waals surface area contributed by atoms with Crippen molar-refractivity contribution in [2.75, 3.05) is 13.6 Å². The number of carbonyl (C=O) groups excluding carboxylic acids is 1. The maximum atomic E-state index is 12.2. The van der Waals surface area contributed by atoms with Crippen molar-refractivity contribution in [3.8, 4) is 0 Å². The fraction of sp³-hybridized carbons (Fsp3) is 0.368. The van der Waals surface area contributed by atoms with Gasteiger partial charge in [0.05, 0.1) is 12.2 Å². The average Bonchev–Trinajstić information content (AvgIpc) is 3.28. The Morgan fingerprint density at radius 1 is 1.32 bits per heavy atom. The van der Waals surface area contributed by atoms with Crippen molar-refractivity contribution >= 4 is 27.3 Å². The van der Waals surface area contributed by atoms with E-state index in [0.717, 1.165) is 18.7 Å². The van der Waals surface area contributed by atoms with Gasteiger partial charge < -0.3 is 10.2 Å². The number of fused-ring (bicyclic) bond motifs is 1. The van der Waals surface area contributed by atoms with Crippen LogP contribution in [0.5, 0.6) is 0 Å². The Morgan fingerprint density at radius 3 is 2.96 bits per heavy atom. The van der Waals surface area contributed by atoms with Gasteiger partial charge in [0, 0.05) is 56.0 Å². The van der Waals surface area contributed by atoms with E-state index in [4.69, 9.17) is 0 Å². The zero-order valence-corrected chi connectivity index (χ0v) is 15.3. The molecule has 0 unspecified atom stereocenters. The molecular weight excluding hydrogens is 332 g/mol. The van der Waals surface area contributed by atoms with Gasteiger partial charge in [0.15, 0.2) is 0 Å². The highest BCUT2D eigenvalue weighted by Crippen LogP contribution is 2.36. The molecule has 0 saturated carbocycles. The van der Waals surface area contributed by atoms with Crippen LogP contribution in [0.15, 0.2) is 42.0 Å². The standard InChI is InChI=1S/C19H22N4OS/c1-22-11-14(10-21-22)19-13(7-18(24)23(19)2)8-20-9-15-12-25-17-6-4-3-5-16(15)17/h3-6,10-13,19-20H,7-9H2,1-2H3/t13-,19+/m0/s1. The van der Waals surface area contributed by atoms with Gasteiger partial charge in [0.25, 0.3) is 0 Å². The number of amides is 1. The first kappa shape index (κ1) is 16.3. The third kappa shape index (κ3) is 3.07. The summed E-state index contributed by atoms with van der Waals surface area (Å²) in [6.07, 6.45) is 4.48. The molecule has 5 nitrogen and oxygen atoms in total. The van der Waals surface area contributed by atoms with E-state index in [0.29, 0.717) is 6.42 Å². The third-order valence-corrected chi connectivity index (χ3v) is 6.06. The number of rotatable bonds is 5. The molecule has 1 N–H and O–H groups in total. The second-order valence-corrected chi connectivity index (χ2v) is 7.66. The fourth-order valence-corrected chi connectivity index (χ4v) is 4.75. The van der Waals surface area contributed by atoms with Crippen molar-refractivity contribution in [1.82, 2.24) is 20.0 Å². The van der Waals surface area contributed by atoms with E-state index < -0.39 is 0 Å². The molecule has 4 rings (SSSR count). The molecule has 6 heteroatoms. The van der Waals surface area contributed by atoms with Crippen LogP contribution in [-0.4, -0.2) is 34.2 Å². The van der Waals surface area contributed by atoms with Crippen LogP contribution in [0.25, 0.3) is 10.1 Å². The highest BCUT2D eigenvalue weighted by Gasteiger charge is 2.38. The molecule has 2 aromatic heterocycles. The minimum absolute atomic E-state index is 0.105. The minimum Gasteiger partial charge on any atom is -0.338 e. The SMILES string of the molecule is CN1C(=O)C[C@@H](CNCc2csc3ccccc23)[C@@H]1c1cnn(C)c1. The molecule has 25 heavy (non-hydrogen) atoms. The van der Waals surface area contributed by atoms with Crippen molar-refractivity contribution in [3.05, 3.63) is 53.2 Å². The van der Waals surface area contributed by atoms with Crippen LogP contribution in [0.3, 0.4) is 0 Å². The zero-order chi connectivity index (χ0) is 17.4. The third-order valence-electron chi connectivity index (χ3n) is 5.04. The highest BCUT2D eigenvalue weighted by atomic mass is 32.1. The maximum Gasteiger partial charge on any atom is 0.223 e. The molecule has 1 aliphatic heterocycles. The molecule has 1 saturated heterocycles. The van der Waals surface area contributed by atoms with Crippen molar-refractivity contribution in [1.29, 1.82) is 0 Å². The average molecular weight is 354 g/mol. The normalized spacial score (nSPS) is 20.7. The number of hydrogen-bond donors (Lipinski definition) is 1. The van der Waals surface area contributed by atoms with Gasteiger partial charge in [0.2, 0.25) is 5.91 Å². The summed E-state index contributed by atoms with van der Waals surface area (Å²) in [5.41, 5.74) is 2.44. The summed E-state index contributed by atoms with van der Waals surface area (Å²) in [4.78, 5) is 14.1. The van der Waals surface area contributed by atoms with E-state index in [-0.39, 0.29) is 17.9 Å². The van der Waals surface area contributed by atoms with Crippen molar-refractivity contribution < 1.29 is 4.79 Å². The summed E-state index contributed by atoms with van der Waals surface area (Å²) in [5.74, 6) is 0.480. The number of carbonyl (C=O) groups is 1. The first-order valence-electron chi connectivity index (χ1n) is 8.53. The molecule has 0 aliphatic carbocycles. The second-order valence-electron chi connectivity index (χ2n) is 6.75. The summed E-state index contributed by atoms with van der Waals surface area (Å²) < 4.78 is 3.12. The molecule has 0 spiro atoms. The van der Waals surface area contributed by atoms with Gasteiger partial charge >= 0.3 is 0 Å². The first-order chi connectivity index (χ1) is 12.1. The second kappa shape index (κ2) is 6.61. The van der Waals surface area contributed by atoms with Crippen LogP contribution in [0.4, 0.5) is 0 Å². The largest absolute Gasteiger partial charge is 0.338 e. The molecular formula is C19H22N4OS. The van der Waals surface area contributed by atoms with E-state index >= 15 is 0 Å². The van der Waals surface area contributed by atoms with E-state index in [1.54, 1.807) is 16.0 Å². The van der Waals surface area contributed by atoms with Gasteiger partial charge in [-0.15, -0.1) is 11.3 Å². The number of aryl methyl sites for hydroxylation is 1. The lowest BCUT2D eigenvalue weighted by molar-refractivity contribution is -0.127. The Kier molecular flexibility index (Phi) is 4.31. The van der Waals surface area contributed by atoms with Crippen molar-refractivity contribution in [2.24, 2.45) is 13.0 Å². The summed E-state index contributed by atoms with van der Waals surface area (Å²) in [6.45, 7) is 1.65. The first-order valence-corrected chi connectivity index (χ1v) is 9.41. The van der Waals surface area contributed by atoms with Gasteiger partial charge in [-0.2, -0.15) is 5.10 Å². The van der Waals surface area contributed by atoms with Gasteiger partial charge in [-0.3, -0.25) is 9.48 Å². The molecule has 3 heterocycles. The quantitative estimate of drug-likeness (QED) is 0.766. The lowest BCUT2D eigenvalue weighted by Crippen LogP contribution is -2.28. The molecule has 0 radical (unpaired) electrons. The number of aromatic nitrogens is 2. The van der Waals surface area contributed by atoms with E-state index in [1.165, 1.54) is 15.6 Å². The molecule has 0 bridgehead atoms. The zero-order valence-electron chi connectivity index (χ0n) is 14.5. The number of benzene rings is 1. The van der Waals surface area contributed by atoms with Crippen LogP contribution < -0.4 is 5.32 Å². The number of likely N-dealkylation sites (tertiary alicyclic amines) is 1. The topological polar surface area (TPSA) is 50.2 Å². The Morgan fingerprint density at radius 2 is 2.16 bits per heavy atom. The molecule has 3 aromatic rings. The van der Waals surface area contributed by atoms with Crippen molar-refractivity contribution in [2.45, 2.75) is 19.0 Å². The molecule has 1 amide bonds. The predicted octanol–water partition coefficient (Wildman–Crippen LogP) is 2.94. The van der Waals surface area contributed by atoms with Gasteiger partial charge in [-0.1, -0.05) is 18.2 Å². The summed E-state index contributed by atoms with van der Waals surface area (Å²) in [7, 11) is 3.81. The number of hydrogen-bond acceptors (Lipinski definition) is 4. The van der Waals surface area contributed by atoms with Gasteiger partial charge in [-0.05, 0) is 22.4 Å². The van der Waals surface area contributed by atoms with Crippen LogP contribution >= 0.6 is 11.3 Å². The molecule has 1 fully saturated rings. The fourth-order valence-electron chi connectivity index (χ4n) is 3.79. The number of thiophene rings is 1.